The van der Waals surface area contributed by atoms with Gasteiger partial charge in [0.05, 0.1) is 0 Å². The molecule has 0 spiro atoms. The molecule has 0 saturated heterocycles. The lowest BCUT2D eigenvalue weighted by Crippen LogP contribution is -2.43. The third kappa shape index (κ3) is 5.09. The smallest absolute Gasteiger partial charge is 0.276 e. The second kappa shape index (κ2) is 10.0. The van der Waals surface area contributed by atoms with Gasteiger partial charge in [-0.3, -0.25) is 9.59 Å². The van der Waals surface area contributed by atoms with E-state index in [4.69, 9.17) is 4.42 Å². The number of hydrogen-bond acceptors (Lipinski definition) is 6. The fraction of sp³-hybridized carbons (Fsp3) is 0.167. The van der Waals surface area contributed by atoms with Gasteiger partial charge in [0.2, 0.25) is 0 Å². The lowest BCUT2D eigenvalue weighted by molar-refractivity contribution is -0.126. The average molecular weight is 447 g/mol. The Morgan fingerprint density at radius 2 is 1.69 bits per heavy atom. The molecule has 0 fully saturated rings. The van der Waals surface area contributed by atoms with Crippen molar-refractivity contribution in [3.63, 3.8) is 0 Å². The lowest BCUT2D eigenvalue weighted by Gasteiger charge is -2.29. The molecule has 32 heavy (non-hydrogen) atoms. The van der Waals surface area contributed by atoms with Crippen molar-refractivity contribution in [2.45, 2.75) is 26.1 Å². The summed E-state index contributed by atoms with van der Waals surface area (Å²) in [5, 5.41) is 8.45. The van der Waals surface area contributed by atoms with Crippen molar-refractivity contribution in [2.75, 3.05) is 0 Å². The molecule has 0 saturated carbocycles. The van der Waals surface area contributed by atoms with E-state index < -0.39 is 11.9 Å². The Labute approximate surface area is 189 Å². The predicted octanol–water partition coefficient (Wildman–Crippen LogP) is 4.14. The molecule has 4 aromatic rings. The molecule has 7 nitrogen and oxygen atoms in total. The zero-order valence-corrected chi connectivity index (χ0v) is 18.3. The molecule has 2 heterocycles. The van der Waals surface area contributed by atoms with Crippen molar-refractivity contribution in [3.05, 3.63) is 107 Å². The van der Waals surface area contributed by atoms with Crippen molar-refractivity contribution in [2.24, 2.45) is 0 Å². The van der Waals surface area contributed by atoms with Crippen LogP contribution in [0.2, 0.25) is 0 Å². The number of carbonyl (C=O) groups is 2. The molecule has 1 N–H and O–H groups in total. The first-order valence-electron chi connectivity index (χ1n) is 10.1. The van der Waals surface area contributed by atoms with Gasteiger partial charge in [-0.1, -0.05) is 65.2 Å². The number of hydrogen-bond donors (Lipinski definition) is 1. The maximum absolute atomic E-state index is 13.4. The van der Waals surface area contributed by atoms with E-state index in [2.05, 4.69) is 14.9 Å². The van der Waals surface area contributed by atoms with Gasteiger partial charge in [0.1, 0.15) is 11.5 Å². The fourth-order valence-electron chi connectivity index (χ4n) is 3.37. The number of nitrogens with zero attached hydrogens (tertiary/aromatic N) is 3. The van der Waals surface area contributed by atoms with Crippen LogP contribution >= 0.6 is 11.5 Å². The van der Waals surface area contributed by atoms with E-state index >= 15 is 0 Å². The Kier molecular flexibility index (Phi) is 6.72. The first-order valence-corrected chi connectivity index (χ1v) is 11.0. The molecule has 2 amide bonds. The minimum atomic E-state index is -0.971. The van der Waals surface area contributed by atoms with E-state index in [0.29, 0.717) is 18.1 Å². The molecule has 0 aliphatic heterocycles. The van der Waals surface area contributed by atoms with Gasteiger partial charge >= 0.3 is 0 Å². The summed E-state index contributed by atoms with van der Waals surface area (Å²) in [6.45, 7) is 2.35. The Bertz CT molecular complexity index is 1160. The van der Waals surface area contributed by atoms with Gasteiger partial charge < -0.3 is 14.6 Å². The van der Waals surface area contributed by atoms with Gasteiger partial charge in [-0.25, -0.2) is 0 Å². The molecular weight excluding hydrogens is 424 g/mol. The number of benzene rings is 2. The van der Waals surface area contributed by atoms with Gasteiger partial charge in [0.25, 0.3) is 11.8 Å². The van der Waals surface area contributed by atoms with Crippen LogP contribution in [-0.2, 0) is 17.9 Å². The van der Waals surface area contributed by atoms with Crippen molar-refractivity contribution in [1.82, 2.24) is 19.8 Å². The highest BCUT2D eigenvalue weighted by molar-refractivity contribution is 7.03. The van der Waals surface area contributed by atoms with E-state index in [1.54, 1.807) is 24.4 Å². The summed E-state index contributed by atoms with van der Waals surface area (Å²) >= 11 is 1.09. The summed E-state index contributed by atoms with van der Waals surface area (Å²) < 4.78 is 9.63. The van der Waals surface area contributed by atoms with Crippen molar-refractivity contribution < 1.29 is 14.0 Å². The van der Waals surface area contributed by atoms with Crippen LogP contribution in [0.3, 0.4) is 0 Å². The summed E-state index contributed by atoms with van der Waals surface area (Å²) in [7, 11) is 0. The number of aromatic nitrogens is 2. The van der Waals surface area contributed by atoms with E-state index in [9.17, 15) is 9.59 Å². The summed E-state index contributed by atoms with van der Waals surface area (Å²) in [5.41, 5.74) is 2.03. The molecule has 2 aromatic heterocycles. The highest BCUT2D eigenvalue weighted by Crippen LogP contribution is 2.27. The maximum atomic E-state index is 13.4. The van der Waals surface area contributed by atoms with Crippen LogP contribution in [0.25, 0.3) is 0 Å². The van der Waals surface area contributed by atoms with Crippen molar-refractivity contribution >= 4 is 23.3 Å². The number of furan rings is 1. The predicted molar refractivity (Wildman–Crippen MR) is 121 cm³/mol. The van der Waals surface area contributed by atoms with Gasteiger partial charge in [-0.2, -0.15) is 0 Å². The summed E-state index contributed by atoms with van der Waals surface area (Å²) in [6, 6.07) is 21.6. The summed E-state index contributed by atoms with van der Waals surface area (Å²) in [4.78, 5) is 28.3. The lowest BCUT2D eigenvalue weighted by atomic mass is 10.1. The number of carbonyl (C=O) groups excluding carboxylic acids is 2. The van der Waals surface area contributed by atoms with Gasteiger partial charge in [0, 0.05) is 18.5 Å². The third-order valence-corrected chi connectivity index (χ3v) is 5.44. The average Bonchev–Trinajstić information content (AvgIpc) is 3.50. The molecule has 1 atom stereocenters. The summed E-state index contributed by atoms with van der Waals surface area (Å²) in [5.74, 6) is 0.316. The summed E-state index contributed by atoms with van der Waals surface area (Å²) in [6.07, 6.45) is 0. The standard InChI is InChI=1S/C24H22N4O3S/c1-17-12-13-21(31-17)22(23(29)25-14-18-8-4-2-5-9-18)28(15-19-10-6-3-7-11-19)24(30)20-16-32-27-26-20/h2-13,16,22H,14-15H2,1H3,(H,25,29)/t22-/m0/s1. The molecule has 0 aliphatic rings. The Balaban J connectivity index is 1.68. The Morgan fingerprint density at radius 3 is 2.28 bits per heavy atom. The molecule has 2 aromatic carbocycles. The highest BCUT2D eigenvalue weighted by atomic mass is 32.1. The Hall–Kier alpha value is -3.78. The van der Waals surface area contributed by atoms with Crippen LogP contribution in [0.1, 0.15) is 39.2 Å². The molecular formula is C24H22N4O3S. The van der Waals surface area contributed by atoms with Crippen LogP contribution < -0.4 is 5.32 Å². The van der Waals surface area contributed by atoms with Crippen molar-refractivity contribution in [1.29, 1.82) is 0 Å². The van der Waals surface area contributed by atoms with Crippen LogP contribution in [0.5, 0.6) is 0 Å². The van der Waals surface area contributed by atoms with Crippen LogP contribution in [-0.4, -0.2) is 26.3 Å². The quantitative estimate of drug-likeness (QED) is 0.439. The minimum Gasteiger partial charge on any atom is -0.464 e. The zero-order valence-electron chi connectivity index (χ0n) is 17.5. The van der Waals surface area contributed by atoms with Crippen LogP contribution in [0.4, 0.5) is 0 Å². The van der Waals surface area contributed by atoms with Crippen LogP contribution in [0.15, 0.2) is 82.6 Å². The third-order valence-electron chi connectivity index (χ3n) is 4.94. The van der Waals surface area contributed by atoms with Crippen LogP contribution in [0, 0.1) is 6.92 Å². The monoisotopic (exact) mass is 446 g/mol. The number of aryl methyl sites for hydroxylation is 1. The Morgan fingerprint density at radius 1 is 1.00 bits per heavy atom. The van der Waals surface area contributed by atoms with E-state index in [1.165, 1.54) is 4.90 Å². The van der Waals surface area contributed by atoms with E-state index in [0.717, 1.165) is 22.7 Å². The first kappa shape index (κ1) is 21.5. The number of nitrogens with one attached hydrogen (secondary N) is 1. The molecule has 0 radical (unpaired) electrons. The van der Waals surface area contributed by atoms with Gasteiger partial charge in [0.15, 0.2) is 11.7 Å². The molecule has 4 rings (SSSR count). The van der Waals surface area contributed by atoms with Gasteiger partial charge in [-0.15, -0.1) is 5.10 Å². The molecule has 0 aliphatic carbocycles. The second-order valence-electron chi connectivity index (χ2n) is 7.26. The molecule has 162 valence electrons. The number of amides is 2. The number of rotatable bonds is 8. The largest absolute Gasteiger partial charge is 0.464 e. The van der Waals surface area contributed by atoms with Crippen molar-refractivity contribution in [3.8, 4) is 0 Å². The zero-order chi connectivity index (χ0) is 22.3. The highest BCUT2D eigenvalue weighted by Gasteiger charge is 2.35. The normalized spacial score (nSPS) is 11.7. The topological polar surface area (TPSA) is 88.3 Å². The van der Waals surface area contributed by atoms with E-state index in [-0.39, 0.29) is 18.1 Å². The van der Waals surface area contributed by atoms with E-state index in [1.807, 2.05) is 60.7 Å². The van der Waals surface area contributed by atoms with Gasteiger partial charge in [-0.05, 0) is 41.7 Å². The fourth-order valence-corrected chi connectivity index (χ4v) is 3.80. The maximum Gasteiger partial charge on any atom is 0.276 e. The molecule has 8 heteroatoms. The first-order chi connectivity index (χ1) is 15.6. The minimum absolute atomic E-state index is 0.190. The second-order valence-corrected chi connectivity index (χ2v) is 7.87. The molecule has 0 unspecified atom stereocenters. The molecule has 0 bridgehead atoms. The SMILES string of the molecule is Cc1ccc([C@@H](C(=O)NCc2ccccc2)N(Cc2ccccc2)C(=O)c2csnn2)o1.